The van der Waals surface area contributed by atoms with Crippen molar-refractivity contribution in [3.05, 3.63) is 66.0 Å². The Morgan fingerprint density at radius 3 is 2.65 bits per heavy atom. The smallest absolute Gasteiger partial charge is 0.257 e. The Labute approximate surface area is 156 Å². The molecule has 0 aliphatic carbocycles. The van der Waals surface area contributed by atoms with Gasteiger partial charge in [-0.05, 0) is 30.3 Å². The summed E-state index contributed by atoms with van der Waals surface area (Å²) in [7, 11) is 0. The number of nitrogens with one attached hydrogen (secondary N) is 2. The zero-order chi connectivity index (χ0) is 18.4. The van der Waals surface area contributed by atoms with Gasteiger partial charge in [-0.2, -0.15) is 0 Å². The molecule has 3 rings (SSSR count). The van der Waals surface area contributed by atoms with Crippen molar-refractivity contribution in [2.45, 2.75) is 4.34 Å². The van der Waals surface area contributed by atoms with Gasteiger partial charge in [0.15, 0.2) is 4.34 Å². The van der Waals surface area contributed by atoms with Crippen LogP contribution in [0.3, 0.4) is 0 Å². The van der Waals surface area contributed by atoms with E-state index in [9.17, 15) is 14.0 Å². The van der Waals surface area contributed by atoms with E-state index in [1.807, 2.05) is 0 Å². The third-order valence-corrected chi connectivity index (χ3v) is 5.07. The molecule has 0 atom stereocenters. The Morgan fingerprint density at radius 2 is 1.88 bits per heavy atom. The van der Waals surface area contributed by atoms with Crippen LogP contribution < -0.4 is 10.6 Å². The molecule has 9 heteroatoms. The summed E-state index contributed by atoms with van der Waals surface area (Å²) in [6.45, 7) is 0. The van der Waals surface area contributed by atoms with E-state index >= 15 is 0 Å². The number of amides is 2. The highest BCUT2D eigenvalue weighted by atomic mass is 32.2. The highest BCUT2D eigenvalue weighted by Crippen LogP contribution is 2.27. The summed E-state index contributed by atoms with van der Waals surface area (Å²) in [5, 5.41) is 13.6. The average molecular weight is 388 g/mol. The third kappa shape index (κ3) is 5.11. The first kappa shape index (κ1) is 18.0. The molecule has 0 radical (unpaired) electrons. The molecule has 2 N–H and O–H groups in total. The minimum atomic E-state index is -0.443. The number of hydrogen-bond acceptors (Lipinski definition) is 7. The number of aromatic nitrogens is 2. The van der Waals surface area contributed by atoms with Gasteiger partial charge in [-0.25, -0.2) is 4.39 Å². The number of carbonyl (C=O) groups is 2. The summed E-state index contributed by atoms with van der Waals surface area (Å²) in [4.78, 5) is 23.8. The van der Waals surface area contributed by atoms with Gasteiger partial charge in [-0.3, -0.25) is 14.9 Å². The first-order chi connectivity index (χ1) is 12.6. The van der Waals surface area contributed by atoms with Crippen LogP contribution in [0.15, 0.2) is 58.9 Å². The number of carbonyl (C=O) groups excluding carboxylic acids is 2. The van der Waals surface area contributed by atoms with Crippen molar-refractivity contribution >= 4 is 45.7 Å². The molecule has 0 unspecified atom stereocenters. The van der Waals surface area contributed by atoms with E-state index in [0.717, 1.165) is 0 Å². The molecular formula is C17H13FN4O2S2. The van der Waals surface area contributed by atoms with Crippen molar-refractivity contribution in [1.82, 2.24) is 15.5 Å². The van der Waals surface area contributed by atoms with Crippen LogP contribution in [0.1, 0.15) is 10.4 Å². The predicted molar refractivity (Wildman–Crippen MR) is 99.2 cm³/mol. The Balaban J connectivity index is 1.50. The van der Waals surface area contributed by atoms with E-state index in [1.165, 1.54) is 35.2 Å². The maximum absolute atomic E-state index is 13.2. The van der Waals surface area contributed by atoms with Crippen molar-refractivity contribution in [1.29, 1.82) is 0 Å². The lowest BCUT2D eigenvalue weighted by Crippen LogP contribution is -2.31. The molecule has 0 aliphatic heterocycles. The number of hydrogen-bond donors (Lipinski definition) is 2. The van der Waals surface area contributed by atoms with Crippen LogP contribution in [0, 0.1) is 5.82 Å². The molecule has 2 amide bonds. The maximum atomic E-state index is 13.2. The summed E-state index contributed by atoms with van der Waals surface area (Å²) in [6.07, 6.45) is 0. The van der Waals surface area contributed by atoms with Gasteiger partial charge in [0.05, 0.1) is 5.75 Å². The van der Waals surface area contributed by atoms with Gasteiger partial charge in [0, 0.05) is 11.3 Å². The van der Waals surface area contributed by atoms with Crippen molar-refractivity contribution in [3.8, 4) is 0 Å². The van der Waals surface area contributed by atoms with Gasteiger partial charge in [0.1, 0.15) is 5.82 Å². The molecule has 0 bridgehead atoms. The topological polar surface area (TPSA) is 84.0 Å². The van der Waals surface area contributed by atoms with Crippen LogP contribution in [0.2, 0.25) is 0 Å². The molecule has 0 saturated carbocycles. The normalized spacial score (nSPS) is 10.3. The number of benzene rings is 2. The lowest BCUT2D eigenvalue weighted by molar-refractivity contribution is -0.117. The molecular weight excluding hydrogens is 375 g/mol. The van der Waals surface area contributed by atoms with E-state index in [4.69, 9.17) is 0 Å². The fourth-order valence-electron chi connectivity index (χ4n) is 1.96. The van der Waals surface area contributed by atoms with Crippen LogP contribution in [-0.2, 0) is 4.79 Å². The summed E-state index contributed by atoms with van der Waals surface area (Å²) < 4.78 is 13.7. The zero-order valence-electron chi connectivity index (χ0n) is 13.3. The maximum Gasteiger partial charge on any atom is 0.257 e. The third-order valence-electron chi connectivity index (χ3n) is 3.10. The summed E-state index contributed by atoms with van der Waals surface area (Å²) >= 11 is 2.40. The summed E-state index contributed by atoms with van der Waals surface area (Å²) in [5.74, 6) is -1.18. The van der Waals surface area contributed by atoms with Crippen molar-refractivity contribution < 1.29 is 14.0 Å². The lowest BCUT2D eigenvalue weighted by Gasteiger charge is -2.02. The quantitative estimate of drug-likeness (QED) is 0.629. The number of halogens is 1. The van der Waals surface area contributed by atoms with Gasteiger partial charge in [0.25, 0.3) is 5.91 Å². The van der Waals surface area contributed by atoms with Gasteiger partial charge >= 0.3 is 0 Å². The standard InChI is InChI=1S/C17H13FN4O2S2/c18-12-7-4-8-13(9-12)19-16-21-22-17(26-16)25-10-14(23)20-15(24)11-5-2-1-3-6-11/h1-9H,10H2,(H,19,21)(H,20,23,24). The first-order valence-electron chi connectivity index (χ1n) is 7.48. The number of thioether (sulfide) groups is 1. The zero-order valence-corrected chi connectivity index (χ0v) is 14.9. The molecule has 1 aromatic heterocycles. The number of nitrogens with zero attached hydrogens (tertiary/aromatic N) is 2. The molecule has 0 fully saturated rings. The van der Waals surface area contributed by atoms with Crippen LogP contribution in [0.25, 0.3) is 0 Å². The van der Waals surface area contributed by atoms with Crippen LogP contribution in [-0.4, -0.2) is 27.8 Å². The lowest BCUT2D eigenvalue weighted by atomic mass is 10.2. The number of imide groups is 1. The molecule has 0 saturated heterocycles. The van der Waals surface area contributed by atoms with E-state index in [-0.39, 0.29) is 11.6 Å². The molecule has 6 nitrogen and oxygen atoms in total. The Hall–Kier alpha value is -2.78. The first-order valence-corrected chi connectivity index (χ1v) is 9.28. The van der Waals surface area contributed by atoms with Crippen LogP contribution >= 0.6 is 23.1 Å². The Kier molecular flexibility index (Phi) is 5.92. The summed E-state index contributed by atoms with van der Waals surface area (Å²) in [5.41, 5.74) is 0.979. The Morgan fingerprint density at radius 1 is 1.08 bits per heavy atom. The van der Waals surface area contributed by atoms with E-state index in [1.54, 1.807) is 42.5 Å². The van der Waals surface area contributed by atoms with Gasteiger partial charge in [-0.15, -0.1) is 10.2 Å². The molecule has 3 aromatic rings. The summed E-state index contributed by atoms with van der Waals surface area (Å²) in [6, 6.07) is 14.5. The minimum Gasteiger partial charge on any atom is -0.330 e. The van der Waals surface area contributed by atoms with E-state index in [0.29, 0.717) is 20.7 Å². The van der Waals surface area contributed by atoms with Crippen molar-refractivity contribution in [2.24, 2.45) is 0 Å². The van der Waals surface area contributed by atoms with E-state index < -0.39 is 11.8 Å². The second-order valence-electron chi connectivity index (χ2n) is 5.04. The highest BCUT2D eigenvalue weighted by molar-refractivity contribution is 8.01. The molecule has 0 aliphatic rings. The predicted octanol–water partition coefficient (Wildman–Crippen LogP) is 3.47. The van der Waals surface area contributed by atoms with Gasteiger partial charge in [0.2, 0.25) is 11.0 Å². The van der Waals surface area contributed by atoms with Gasteiger partial charge < -0.3 is 5.32 Å². The Bertz CT molecular complexity index is 918. The molecule has 2 aromatic carbocycles. The average Bonchev–Trinajstić information content (AvgIpc) is 3.08. The highest BCUT2D eigenvalue weighted by Gasteiger charge is 2.12. The SMILES string of the molecule is O=C(CSc1nnc(Nc2cccc(F)c2)s1)NC(=O)c1ccccc1. The van der Waals surface area contributed by atoms with Crippen LogP contribution in [0.4, 0.5) is 15.2 Å². The second-order valence-corrected chi connectivity index (χ2v) is 7.24. The molecule has 1 heterocycles. The van der Waals surface area contributed by atoms with Crippen molar-refractivity contribution in [3.63, 3.8) is 0 Å². The second kappa shape index (κ2) is 8.54. The number of anilines is 2. The van der Waals surface area contributed by atoms with Crippen molar-refractivity contribution in [2.75, 3.05) is 11.1 Å². The molecule has 0 spiro atoms. The minimum absolute atomic E-state index is 0.0349. The van der Waals surface area contributed by atoms with Gasteiger partial charge in [-0.1, -0.05) is 47.4 Å². The fraction of sp³-hybridized carbons (Fsp3) is 0.0588. The molecule has 26 heavy (non-hydrogen) atoms. The van der Waals surface area contributed by atoms with E-state index in [2.05, 4.69) is 20.8 Å². The fourth-order valence-corrected chi connectivity index (χ4v) is 3.53. The number of rotatable bonds is 6. The molecule has 132 valence electrons. The largest absolute Gasteiger partial charge is 0.330 e. The van der Waals surface area contributed by atoms with Crippen LogP contribution in [0.5, 0.6) is 0 Å². The monoisotopic (exact) mass is 388 g/mol.